The molecule has 0 saturated heterocycles. The van der Waals surface area contributed by atoms with Gasteiger partial charge in [0.05, 0.1) is 16.8 Å². The number of rotatable bonds is 4. The van der Waals surface area contributed by atoms with Crippen LogP contribution in [0.1, 0.15) is 38.2 Å². The summed E-state index contributed by atoms with van der Waals surface area (Å²) in [5, 5.41) is 14.1. The first-order valence-corrected chi connectivity index (χ1v) is 12.4. The summed E-state index contributed by atoms with van der Waals surface area (Å²) in [5.74, 6) is 2.18. The van der Waals surface area contributed by atoms with Gasteiger partial charge in [0.1, 0.15) is 5.76 Å². The molecule has 0 bridgehead atoms. The number of hydrogen-bond donors (Lipinski definition) is 2. The number of aromatic nitrogens is 2. The van der Waals surface area contributed by atoms with Gasteiger partial charge in [0.15, 0.2) is 11.4 Å². The van der Waals surface area contributed by atoms with E-state index in [1.165, 1.54) is 0 Å². The van der Waals surface area contributed by atoms with Crippen molar-refractivity contribution >= 4 is 50.0 Å². The van der Waals surface area contributed by atoms with Crippen LogP contribution in [0.2, 0.25) is 0 Å². The van der Waals surface area contributed by atoms with E-state index in [2.05, 4.69) is 34.4 Å². The van der Waals surface area contributed by atoms with E-state index in [-0.39, 0.29) is 12.1 Å². The van der Waals surface area contributed by atoms with E-state index in [0.717, 1.165) is 63.6 Å². The summed E-state index contributed by atoms with van der Waals surface area (Å²) in [7, 11) is 0. The van der Waals surface area contributed by atoms with Crippen LogP contribution in [0.4, 0.5) is 5.82 Å². The number of aliphatic hydroxyl groups is 1. The summed E-state index contributed by atoms with van der Waals surface area (Å²) in [6.45, 7) is 2.27. The van der Waals surface area contributed by atoms with Crippen molar-refractivity contribution in [3.8, 4) is 11.3 Å². The predicted octanol–water partition coefficient (Wildman–Crippen LogP) is 5.71. The molecular formula is C26H26N4O2S. The quantitative estimate of drug-likeness (QED) is 0.408. The molecule has 168 valence electrons. The fourth-order valence-electron chi connectivity index (χ4n) is 5.33. The number of thiophene rings is 1. The van der Waals surface area contributed by atoms with E-state index < -0.39 is 0 Å². The van der Waals surface area contributed by atoms with Gasteiger partial charge < -0.3 is 15.3 Å². The van der Waals surface area contributed by atoms with Crippen LogP contribution in [0, 0.1) is 11.8 Å². The third-order valence-corrected chi connectivity index (χ3v) is 8.26. The van der Waals surface area contributed by atoms with Crippen molar-refractivity contribution in [1.29, 1.82) is 0 Å². The fourth-order valence-corrected chi connectivity index (χ4v) is 6.24. The van der Waals surface area contributed by atoms with Gasteiger partial charge in [-0.25, -0.2) is 4.98 Å². The normalized spacial score (nSPS) is 23.9. The number of anilines is 1. The fraction of sp³-hybridized carbons (Fsp3) is 0.346. The molecule has 33 heavy (non-hydrogen) atoms. The number of dihydropyridines is 1. The highest BCUT2D eigenvalue weighted by Gasteiger charge is 2.32. The Kier molecular flexibility index (Phi) is 5.03. The van der Waals surface area contributed by atoms with Gasteiger partial charge in [-0.2, -0.15) is 0 Å². The van der Waals surface area contributed by atoms with Gasteiger partial charge in [-0.3, -0.25) is 9.98 Å². The van der Waals surface area contributed by atoms with Gasteiger partial charge in [-0.1, -0.05) is 13.0 Å². The summed E-state index contributed by atoms with van der Waals surface area (Å²) in [5.41, 5.74) is 9.88. The first kappa shape index (κ1) is 20.6. The van der Waals surface area contributed by atoms with Crippen LogP contribution in [-0.4, -0.2) is 33.4 Å². The van der Waals surface area contributed by atoms with Crippen molar-refractivity contribution in [2.75, 3.05) is 5.73 Å². The maximum absolute atomic E-state index is 9.91. The van der Waals surface area contributed by atoms with Crippen LogP contribution < -0.4 is 5.73 Å². The van der Waals surface area contributed by atoms with Crippen molar-refractivity contribution in [1.82, 2.24) is 9.97 Å². The number of aliphatic hydroxyl groups excluding tert-OH is 1. The van der Waals surface area contributed by atoms with Crippen molar-refractivity contribution in [2.24, 2.45) is 16.8 Å². The van der Waals surface area contributed by atoms with E-state index in [1.54, 1.807) is 17.5 Å². The number of allylic oxidation sites excluding steroid dienone is 1. The minimum Gasteiger partial charge on any atom is -0.452 e. The van der Waals surface area contributed by atoms with Crippen LogP contribution in [0.25, 0.3) is 38.0 Å². The van der Waals surface area contributed by atoms with Crippen LogP contribution >= 0.6 is 11.3 Å². The van der Waals surface area contributed by atoms with Gasteiger partial charge in [0, 0.05) is 52.1 Å². The van der Waals surface area contributed by atoms with Crippen molar-refractivity contribution < 1.29 is 9.52 Å². The molecule has 0 amide bonds. The van der Waals surface area contributed by atoms with Crippen molar-refractivity contribution in [2.45, 2.75) is 44.8 Å². The van der Waals surface area contributed by atoms with Gasteiger partial charge in [0.2, 0.25) is 0 Å². The molecule has 6 nitrogen and oxygen atoms in total. The second-order valence-electron chi connectivity index (χ2n) is 9.26. The number of nitrogens with two attached hydrogens (primary N) is 1. The molecule has 4 aromatic heterocycles. The average molecular weight is 459 g/mol. The lowest BCUT2D eigenvalue weighted by Crippen LogP contribution is -2.24. The van der Waals surface area contributed by atoms with Gasteiger partial charge >= 0.3 is 0 Å². The van der Waals surface area contributed by atoms with Gasteiger partial charge in [0.25, 0.3) is 0 Å². The lowest BCUT2D eigenvalue weighted by Gasteiger charge is -2.27. The molecule has 1 aliphatic carbocycles. The first-order valence-electron chi connectivity index (χ1n) is 11.5. The number of pyridine rings is 2. The zero-order valence-corrected chi connectivity index (χ0v) is 19.3. The number of nitrogens with zero attached hydrogens (tertiary/aromatic N) is 3. The van der Waals surface area contributed by atoms with Crippen molar-refractivity contribution in [3.63, 3.8) is 0 Å². The lowest BCUT2D eigenvalue weighted by molar-refractivity contribution is 0.169. The Morgan fingerprint density at radius 3 is 2.91 bits per heavy atom. The second-order valence-corrected chi connectivity index (χ2v) is 10.2. The second kappa shape index (κ2) is 8.08. The van der Waals surface area contributed by atoms with Crippen LogP contribution in [0.3, 0.4) is 0 Å². The maximum atomic E-state index is 9.91. The number of furan rings is 1. The Morgan fingerprint density at radius 1 is 1.21 bits per heavy atom. The van der Waals surface area contributed by atoms with Crippen molar-refractivity contribution in [3.05, 3.63) is 47.7 Å². The number of fused-ring (bicyclic) bond motifs is 2. The molecule has 3 N–H and O–H groups in total. The van der Waals surface area contributed by atoms with E-state index in [9.17, 15) is 5.11 Å². The third kappa shape index (κ3) is 3.56. The lowest BCUT2D eigenvalue weighted by atomic mass is 9.83. The highest BCUT2D eigenvalue weighted by molar-refractivity contribution is 7.17. The third-order valence-electron chi connectivity index (χ3n) is 7.32. The molecule has 4 unspecified atom stereocenters. The van der Waals surface area contributed by atoms with E-state index in [1.807, 2.05) is 24.7 Å². The molecule has 1 aliphatic heterocycles. The molecule has 4 aromatic rings. The molecular weight excluding hydrogens is 432 g/mol. The molecule has 1 saturated carbocycles. The van der Waals surface area contributed by atoms with E-state index >= 15 is 0 Å². The van der Waals surface area contributed by atoms with Crippen LogP contribution in [0.15, 0.2) is 51.6 Å². The minimum absolute atomic E-state index is 0.142. The SMILES string of the molecule is CC(C1CCC(O)C1)C1CC=C(c2cnc(N)c3oc(-c4csc5cnccc45)cc23)C=N1. The average Bonchev–Trinajstić information content (AvgIpc) is 3.57. The summed E-state index contributed by atoms with van der Waals surface area (Å²) < 4.78 is 7.34. The number of nitrogen functional groups attached to an aromatic ring is 1. The monoisotopic (exact) mass is 458 g/mol. The van der Waals surface area contributed by atoms with E-state index in [0.29, 0.717) is 23.2 Å². The Morgan fingerprint density at radius 2 is 2.12 bits per heavy atom. The summed E-state index contributed by atoms with van der Waals surface area (Å²) in [4.78, 5) is 13.5. The topological polar surface area (TPSA) is 97.5 Å². The molecule has 0 aromatic carbocycles. The van der Waals surface area contributed by atoms with Gasteiger partial charge in [-0.05, 0) is 55.2 Å². The standard InChI is InChI=1S/C26H26N4O2S/c1-14(15-2-4-17(31)8-15)22-5-3-16(10-29-22)20-11-30-26(27)25-19(20)9-23(32-25)21-13-33-24-12-28-7-6-18(21)24/h3,6-7,9-15,17,22,31H,2,4-5,8H2,1H3,(H2,27,30). The Balaban J connectivity index is 1.33. The first-order chi connectivity index (χ1) is 16.1. The molecule has 4 atom stereocenters. The summed E-state index contributed by atoms with van der Waals surface area (Å²) >= 11 is 1.65. The molecule has 0 radical (unpaired) electrons. The van der Waals surface area contributed by atoms with Crippen LogP contribution in [-0.2, 0) is 0 Å². The number of hydrogen-bond acceptors (Lipinski definition) is 7. The zero-order valence-electron chi connectivity index (χ0n) is 18.4. The number of aliphatic imine (C=N–C) groups is 1. The molecule has 6 rings (SSSR count). The highest BCUT2D eigenvalue weighted by atomic mass is 32.1. The smallest absolute Gasteiger partial charge is 0.177 e. The zero-order chi connectivity index (χ0) is 22.5. The summed E-state index contributed by atoms with van der Waals surface area (Å²) in [6.07, 6.45) is 13.4. The van der Waals surface area contributed by atoms with Crippen LogP contribution in [0.5, 0.6) is 0 Å². The molecule has 5 heterocycles. The minimum atomic E-state index is -0.142. The summed E-state index contributed by atoms with van der Waals surface area (Å²) in [6, 6.07) is 4.33. The Bertz CT molecular complexity index is 1400. The largest absolute Gasteiger partial charge is 0.452 e. The molecule has 0 spiro atoms. The maximum Gasteiger partial charge on any atom is 0.177 e. The Labute approximate surface area is 195 Å². The highest BCUT2D eigenvalue weighted by Crippen LogP contribution is 2.40. The molecule has 7 heteroatoms. The van der Waals surface area contributed by atoms with Gasteiger partial charge in [-0.15, -0.1) is 11.3 Å². The predicted molar refractivity (Wildman–Crippen MR) is 134 cm³/mol. The Hall–Kier alpha value is -3.03. The molecule has 1 fully saturated rings. The molecule has 2 aliphatic rings. The van der Waals surface area contributed by atoms with E-state index in [4.69, 9.17) is 15.1 Å².